The second-order valence-corrected chi connectivity index (χ2v) is 10.3. The number of sulfonamides is 1. The summed E-state index contributed by atoms with van der Waals surface area (Å²) < 4.78 is 27.3. The monoisotopic (exact) mass is 457 g/mol. The molecule has 172 valence electrons. The second-order valence-electron chi connectivity index (χ2n) is 8.34. The fourth-order valence-electron chi connectivity index (χ4n) is 3.85. The maximum Gasteiger partial charge on any atom is 0.243 e. The number of carbonyl (C=O) groups excluding carboxylic acids is 2. The van der Waals surface area contributed by atoms with Crippen LogP contribution >= 0.6 is 0 Å². The standard InChI is InChI=1S/C24H31N3O4S/c1-18-3-5-20(6-4-18)11-14-25-24(29)17-21-12-15-27(16-13-21)32(30,31)23-9-7-22(8-10-23)26-19(2)28/h3-10,21H,11-17H2,1-2H3,(H,25,29)(H,26,28). The van der Waals surface area contributed by atoms with E-state index in [2.05, 4.69) is 34.9 Å². The highest BCUT2D eigenvalue weighted by molar-refractivity contribution is 7.89. The Balaban J connectivity index is 1.44. The van der Waals surface area contributed by atoms with Gasteiger partial charge in [-0.1, -0.05) is 29.8 Å². The third-order valence-electron chi connectivity index (χ3n) is 5.72. The van der Waals surface area contributed by atoms with Crippen molar-refractivity contribution in [3.05, 3.63) is 59.7 Å². The molecule has 0 spiro atoms. The van der Waals surface area contributed by atoms with E-state index in [0.29, 0.717) is 44.6 Å². The van der Waals surface area contributed by atoms with E-state index >= 15 is 0 Å². The number of nitrogens with zero attached hydrogens (tertiary/aromatic N) is 1. The van der Waals surface area contributed by atoms with Crippen LogP contribution in [0.2, 0.25) is 0 Å². The molecule has 1 aliphatic rings. The van der Waals surface area contributed by atoms with Gasteiger partial charge in [0.15, 0.2) is 0 Å². The van der Waals surface area contributed by atoms with Crippen LogP contribution in [-0.4, -0.2) is 44.2 Å². The summed E-state index contributed by atoms with van der Waals surface area (Å²) in [5, 5.41) is 5.61. The van der Waals surface area contributed by atoms with E-state index in [0.717, 1.165) is 6.42 Å². The minimum Gasteiger partial charge on any atom is -0.356 e. The molecule has 2 N–H and O–H groups in total. The molecule has 2 amide bonds. The molecular formula is C24H31N3O4S. The molecule has 0 atom stereocenters. The number of amides is 2. The molecule has 1 aliphatic heterocycles. The zero-order chi connectivity index (χ0) is 23.1. The van der Waals surface area contributed by atoms with Gasteiger partial charge in [-0.15, -0.1) is 0 Å². The van der Waals surface area contributed by atoms with Crippen LogP contribution in [0.4, 0.5) is 5.69 Å². The first-order chi connectivity index (χ1) is 15.2. The van der Waals surface area contributed by atoms with Gasteiger partial charge in [0.1, 0.15) is 0 Å². The lowest BCUT2D eigenvalue weighted by Gasteiger charge is -2.31. The van der Waals surface area contributed by atoms with Gasteiger partial charge in [-0.2, -0.15) is 4.31 Å². The number of piperidine rings is 1. The molecule has 0 saturated carbocycles. The van der Waals surface area contributed by atoms with Gasteiger partial charge < -0.3 is 10.6 Å². The van der Waals surface area contributed by atoms with E-state index in [9.17, 15) is 18.0 Å². The highest BCUT2D eigenvalue weighted by atomic mass is 32.2. The molecule has 1 heterocycles. The average Bonchev–Trinajstić information content (AvgIpc) is 2.75. The first-order valence-electron chi connectivity index (χ1n) is 10.9. The molecule has 1 saturated heterocycles. The predicted molar refractivity (Wildman–Crippen MR) is 125 cm³/mol. The van der Waals surface area contributed by atoms with Crippen LogP contribution in [0.3, 0.4) is 0 Å². The summed E-state index contributed by atoms with van der Waals surface area (Å²) in [7, 11) is -3.59. The number of hydrogen-bond donors (Lipinski definition) is 2. The van der Waals surface area contributed by atoms with Crippen molar-refractivity contribution in [2.24, 2.45) is 5.92 Å². The number of nitrogens with one attached hydrogen (secondary N) is 2. The largest absolute Gasteiger partial charge is 0.356 e. The Hall–Kier alpha value is -2.71. The zero-order valence-electron chi connectivity index (χ0n) is 18.6. The Bertz CT molecular complexity index is 1030. The fraction of sp³-hybridized carbons (Fsp3) is 0.417. The number of rotatable bonds is 8. The lowest BCUT2D eigenvalue weighted by molar-refractivity contribution is -0.122. The van der Waals surface area contributed by atoms with Gasteiger partial charge in [0.05, 0.1) is 4.90 Å². The molecule has 0 radical (unpaired) electrons. The van der Waals surface area contributed by atoms with Crippen molar-refractivity contribution in [2.45, 2.75) is 44.4 Å². The summed E-state index contributed by atoms with van der Waals surface area (Å²) in [6.07, 6.45) is 2.54. The van der Waals surface area contributed by atoms with Crippen LogP contribution in [0.1, 0.15) is 37.3 Å². The van der Waals surface area contributed by atoms with Crippen molar-refractivity contribution in [3.63, 3.8) is 0 Å². The quantitative estimate of drug-likeness (QED) is 0.637. The van der Waals surface area contributed by atoms with Gasteiger partial charge in [0.25, 0.3) is 0 Å². The van der Waals surface area contributed by atoms with E-state index in [1.165, 1.54) is 34.5 Å². The lowest BCUT2D eigenvalue weighted by Crippen LogP contribution is -2.39. The molecule has 7 nitrogen and oxygen atoms in total. The van der Waals surface area contributed by atoms with E-state index < -0.39 is 10.0 Å². The molecule has 8 heteroatoms. The van der Waals surface area contributed by atoms with Gasteiger partial charge in [-0.05, 0) is 61.9 Å². The van der Waals surface area contributed by atoms with Gasteiger partial charge in [-0.25, -0.2) is 8.42 Å². The van der Waals surface area contributed by atoms with E-state index in [1.54, 1.807) is 12.1 Å². The van der Waals surface area contributed by atoms with Crippen LogP contribution < -0.4 is 10.6 Å². The average molecular weight is 458 g/mol. The van der Waals surface area contributed by atoms with Crippen molar-refractivity contribution >= 4 is 27.5 Å². The molecule has 3 rings (SSSR count). The molecule has 2 aromatic carbocycles. The highest BCUT2D eigenvalue weighted by Crippen LogP contribution is 2.26. The molecule has 0 aromatic heterocycles. The first-order valence-corrected chi connectivity index (χ1v) is 12.4. The predicted octanol–water partition coefficient (Wildman–Crippen LogP) is 3.10. The van der Waals surface area contributed by atoms with Crippen LogP contribution in [0.5, 0.6) is 0 Å². The third-order valence-corrected chi connectivity index (χ3v) is 7.63. The topological polar surface area (TPSA) is 95.6 Å². The SMILES string of the molecule is CC(=O)Nc1ccc(S(=O)(=O)N2CCC(CC(=O)NCCc3ccc(C)cc3)CC2)cc1. The van der Waals surface area contributed by atoms with Crippen molar-refractivity contribution in [2.75, 3.05) is 25.0 Å². The summed E-state index contributed by atoms with van der Waals surface area (Å²) in [4.78, 5) is 23.6. The number of benzene rings is 2. The molecule has 1 fully saturated rings. The van der Waals surface area contributed by atoms with Crippen molar-refractivity contribution < 1.29 is 18.0 Å². The second kappa shape index (κ2) is 10.7. The summed E-state index contributed by atoms with van der Waals surface area (Å²) in [6, 6.07) is 14.5. The van der Waals surface area contributed by atoms with Gasteiger partial charge in [-0.3, -0.25) is 9.59 Å². The minimum absolute atomic E-state index is 0.0204. The van der Waals surface area contributed by atoms with Crippen LogP contribution in [0.15, 0.2) is 53.4 Å². The number of anilines is 1. The molecule has 0 bridgehead atoms. The van der Waals surface area contributed by atoms with Crippen molar-refractivity contribution in [1.82, 2.24) is 9.62 Å². The van der Waals surface area contributed by atoms with Crippen LogP contribution in [-0.2, 0) is 26.0 Å². The third kappa shape index (κ3) is 6.64. The highest BCUT2D eigenvalue weighted by Gasteiger charge is 2.30. The number of aryl methyl sites for hydroxylation is 1. The maximum absolute atomic E-state index is 12.9. The van der Waals surface area contributed by atoms with Crippen molar-refractivity contribution in [3.8, 4) is 0 Å². The van der Waals surface area contributed by atoms with E-state index in [-0.39, 0.29) is 22.6 Å². The Labute approximate surface area is 190 Å². The smallest absolute Gasteiger partial charge is 0.243 e. The van der Waals surface area contributed by atoms with Crippen molar-refractivity contribution in [1.29, 1.82) is 0 Å². The van der Waals surface area contributed by atoms with Crippen LogP contribution in [0.25, 0.3) is 0 Å². The van der Waals surface area contributed by atoms with Gasteiger partial charge >= 0.3 is 0 Å². The van der Waals surface area contributed by atoms with Gasteiger partial charge in [0.2, 0.25) is 21.8 Å². The van der Waals surface area contributed by atoms with Gasteiger partial charge in [0, 0.05) is 38.7 Å². The Morgan fingerprint density at radius 1 is 1.00 bits per heavy atom. The summed E-state index contributed by atoms with van der Waals surface area (Å²) >= 11 is 0. The van der Waals surface area contributed by atoms with E-state index in [4.69, 9.17) is 0 Å². The number of carbonyl (C=O) groups is 2. The number of hydrogen-bond acceptors (Lipinski definition) is 4. The summed E-state index contributed by atoms with van der Waals surface area (Å²) in [6.45, 7) is 4.85. The molecule has 0 aliphatic carbocycles. The Morgan fingerprint density at radius 2 is 1.62 bits per heavy atom. The molecule has 32 heavy (non-hydrogen) atoms. The normalized spacial score (nSPS) is 15.3. The Morgan fingerprint density at radius 3 is 2.22 bits per heavy atom. The molecular weight excluding hydrogens is 426 g/mol. The summed E-state index contributed by atoms with van der Waals surface area (Å²) in [5.41, 5.74) is 2.97. The fourth-order valence-corrected chi connectivity index (χ4v) is 5.32. The first kappa shape index (κ1) is 23.9. The van der Waals surface area contributed by atoms with Crippen LogP contribution in [0, 0.1) is 12.8 Å². The Kier molecular flexibility index (Phi) is 8.04. The zero-order valence-corrected chi connectivity index (χ0v) is 19.5. The van der Waals surface area contributed by atoms with E-state index in [1.807, 2.05) is 6.92 Å². The lowest BCUT2D eigenvalue weighted by atomic mass is 9.94. The minimum atomic E-state index is -3.59. The molecule has 0 unspecified atom stereocenters. The molecule has 2 aromatic rings. The maximum atomic E-state index is 12.9. The summed E-state index contributed by atoms with van der Waals surface area (Å²) in [5.74, 6) is -0.00295.